The van der Waals surface area contributed by atoms with Crippen molar-refractivity contribution in [3.63, 3.8) is 0 Å². The van der Waals surface area contributed by atoms with Crippen LogP contribution in [0.15, 0.2) is 0 Å². The molecule has 2 saturated heterocycles. The fourth-order valence-corrected chi connectivity index (χ4v) is 4.80. The molecular formula is C15H28N2OS. The second-order valence-electron chi connectivity index (χ2n) is 6.34. The lowest BCUT2D eigenvalue weighted by atomic mass is 9.89. The van der Waals surface area contributed by atoms with Gasteiger partial charge in [0.2, 0.25) is 0 Å². The summed E-state index contributed by atoms with van der Waals surface area (Å²) in [6.07, 6.45) is 7.81. The third-order valence-corrected chi connectivity index (χ3v) is 5.92. The Morgan fingerprint density at radius 2 is 2.00 bits per heavy atom. The van der Waals surface area contributed by atoms with Crippen LogP contribution in [0.3, 0.4) is 0 Å². The van der Waals surface area contributed by atoms with Crippen LogP contribution in [-0.2, 0) is 4.74 Å². The summed E-state index contributed by atoms with van der Waals surface area (Å²) >= 11 is 2.09. The first-order valence-electron chi connectivity index (χ1n) is 8.04. The normalized spacial score (nSPS) is 31.9. The van der Waals surface area contributed by atoms with Crippen molar-refractivity contribution in [1.82, 2.24) is 10.2 Å². The summed E-state index contributed by atoms with van der Waals surface area (Å²) < 4.78 is 6.10. The standard InChI is InChI=1S/C15H28N2OS/c1-2-5-15(4-1)13-14(3-10-18-15)16-6-7-17-8-11-19-12-9-17/h14,16H,1-13H2. The van der Waals surface area contributed by atoms with Gasteiger partial charge >= 0.3 is 0 Å². The lowest BCUT2D eigenvalue weighted by Crippen LogP contribution is -2.47. The Bertz CT molecular complexity index is 275. The topological polar surface area (TPSA) is 24.5 Å². The smallest absolute Gasteiger partial charge is 0.0697 e. The zero-order chi connectivity index (χ0) is 13.0. The van der Waals surface area contributed by atoms with Gasteiger partial charge in [-0.15, -0.1) is 0 Å². The first kappa shape index (κ1) is 14.2. The predicted molar refractivity (Wildman–Crippen MR) is 81.9 cm³/mol. The average molecular weight is 284 g/mol. The number of nitrogens with zero attached hydrogens (tertiary/aromatic N) is 1. The van der Waals surface area contributed by atoms with Crippen molar-refractivity contribution in [2.75, 3.05) is 44.3 Å². The highest BCUT2D eigenvalue weighted by molar-refractivity contribution is 7.99. The van der Waals surface area contributed by atoms with Crippen LogP contribution in [0, 0.1) is 0 Å². The largest absolute Gasteiger partial charge is 0.375 e. The van der Waals surface area contributed by atoms with Crippen LogP contribution >= 0.6 is 11.8 Å². The second-order valence-corrected chi connectivity index (χ2v) is 7.56. The molecule has 2 heterocycles. The van der Waals surface area contributed by atoms with Crippen LogP contribution in [0.5, 0.6) is 0 Å². The third kappa shape index (κ3) is 3.87. The minimum absolute atomic E-state index is 0.262. The van der Waals surface area contributed by atoms with Crippen LogP contribution < -0.4 is 5.32 Å². The Kier molecular flexibility index (Phi) is 5.07. The zero-order valence-corrected chi connectivity index (χ0v) is 12.8. The van der Waals surface area contributed by atoms with Gasteiger partial charge in [0.15, 0.2) is 0 Å². The van der Waals surface area contributed by atoms with E-state index in [1.165, 1.54) is 69.7 Å². The summed E-state index contributed by atoms with van der Waals surface area (Å²) in [4.78, 5) is 2.61. The molecule has 1 spiro atoms. The quantitative estimate of drug-likeness (QED) is 0.854. The van der Waals surface area contributed by atoms with Gasteiger partial charge < -0.3 is 15.0 Å². The maximum absolute atomic E-state index is 6.10. The molecular weight excluding hydrogens is 256 g/mol. The van der Waals surface area contributed by atoms with Crippen LogP contribution in [0.4, 0.5) is 0 Å². The number of ether oxygens (including phenoxy) is 1. The fourth-order valence-electron chi connectivity index (χ4n) is 3.82. The lowest BCUT2D eigenvalue weighted by molar-refractivity contribution is -0.0836. The molecule has 1 saturated carbocycles. The van der Waals surface area contributed by atoms with Crippen LogP contribution in [-0.4, -0.2) is 60.8 Å². The molecule has 1 atom stereocenters. The van der Waals surface area contributed by atoms with E-state index in [9.17, 15) is 0 Å². The molecule has 1 unspecified atom stereocenters. The van der Waals surface area contributed by atoms with Crippen LogP contribution in [0.1, 0.15) is 38.5 Å². The molecule has 0 amide bonds. The maximum atomic E-state index is 6.10. The van der Waals surface area contributed by atoms with E-state index in [4.69, 9.17) is 4.74 Å². The number of nitrogens with one attached hydrogen (secondary N) is 1. The lowest BCUT2D eigenvalue weighted by Gasteiger charge is -2.39. The van der Waals surface area contributed by atoms with Gasteiger partial charge in [-0.05, 0) is 25.7 Å². The molecule has 19 heavy (non-hydrogen) atoms. The molecule has 110 valence electrons. The van der Waals surface area contributed by atoms with Gasteiger partial charge in [-0.25, -0.2) is 0 Å². The third-order valence-electron chi connectivity index (χ3n) is 4.97. The van der Waals surface area contributed by atoms with E-state index in [1.54, 1.807) is 0 Å². The van der Waals surface area contributed by atoms with Crippen molar-refractivity contribution in [2.45, 2.75) is 50.2 Å². The minimum atomic E-state index is 0.262. The fraction of sp³-hybridized carbons (Fsp3) is 1.00. The van der Waals surface area contributed by atoms with Crippen molar-refractivity contribution < 1.29 is 4.74 Å². The summed E-state index contributed by atoms with van der Waals surface area (Å²) in [6.45, 7) is 5.92. The Hall–Kier alpha value is 0.230. The molecule has 0 aromatic rings. The highest BCUT2D eigenvalue weighted by Gasteiger charge is 2.39. The molecule has 1 aliphatic carbocycles. The van der Waals surface area contributed by atoms with E-state index in [0.29, 0.717) is 6.04 Å². The first-order valence-corrected chi connectivity index (χ1v) is 9.19. The highest BCUT2D eigenvalue weighted by Crippen LogP contribution is 2.39. The molecule has 3 aliphatic rings. The molecule has 0 aromatic heterocycles. The van der Waals surface area contributed by atoms with Crippen molar-refractivity contribution in [2.24, 2.45) is 0 Å². The van der Waals surface area contributed by atoms with E-state index in [2.05, 4.69) is 22.0 Å². The monoisotopic (exact) mass is 284 g/mol. The van der Waals surface area contributed by atoms with Gasteiger partial charge in [0.1, 0.15) is 0 Å². The van der Waals surface area contributed by atoms with E-state index in [0.717, 1.165) is 13.2 Å². The van der Waals surface area contributed by atoms with Gasteiger partial charge in [-0.1, -0.05) is 12.8 Å². The van der Waals surface area contributed by atoms with Crippen molar-refractivity contribution in [3.05, 3.63) is 0 Å². The average Bonchev–Trinajstić information content (AvgIpc) is 2.88. The summed E-state index contributed by atoms with van der Waals surface area (Å²) in [7, 11) is 0. The molecule has 3 rings (SSSR count). The Morgan fingerprint density at radius 3 is 2.79 bits per heavy atom. The molecule has 4 heteroatoms. The molecule has 0 radical (unpaired) electrons. The van der Waals surface area contributed by atoms with Crippen LogP contribution in [0.25, 0.3) is 0 Å². The summed E-state index contributed by atoms with van der Waals surface area (Å²) in [5.74, 6) is 2.64. The van der Waals surface area contributed by atoms with Gasteiger partial charge in [0.25, 0.3) is 0 Å². The number of hydrogen-bond donors (Lipinski definition) is 1. The molecule has 2 aliphatic heterocycles. The Balaban J connectivity index is 1.37. The van der Waals surface area contributed by atoms with Gasteiger partial charge in [0, 0.05) is 50.3 Å². The SMILES string of the molecule is C1CCC2(C1)CC(NCCN1CCSCC1)CCO2. The Labute approximate surface area is 121 Å². The summed E-state index contributed by atoms with van der Waals surface area (Å²) in [6, 6.07) is 0.700. The van der Waals surface area contributed by atoms with Crippen molar-refractivity contribution >= 4 is 11.8 Å². The van der Waals surface area contributed by atoms with Gasteiger partial charge in [-0.3, -0.25) is 0 Å². The van der Waals surface area contributed by atoms with E-state index < -0.39 is 0 Å². The Morgan fingerprint density at radius 1 is 1.21 bits per heavy atom. The molecule has 3 nitrogen and oxygen atoms in total. The van der Waals surface area contributed by atoms with Gasteiger partial charge in [0.05, 0.1) is 5.60 Å². The molecule has 0 aromatic carbocycles. The molecule has 1 N–H and O–H groups in total. The minimum Gasteiger partial charge on any atom is -0.375 e. The molecule has 0 bridgehead atoms. The zero-order valence-electron chi connectivity index (χ0n) is 12.0. The highest BCUT2D eigenvalue weighted by atomic mass is 32.2. The summed E-state index contributed by atoms with van der Waals surface area (Å²) in [5.41, 5.74) is 0.262. The van der Waals surface area contributed by atoms with Crippen molar-refractivity contribution in [3.8, 4) is 0 Å². The number of rotatable bonds is 4. The van der Waals surface area contributed by atoms with E-state index >= 15 is 0 Å². The van der Waals surface area contributed by atoms with Gasteiger partial charge in [-0.2, -0.15) is 11.8 Å². The van der Waals surface area contributed by atoms with E-state index in [1.807, 2.05) is 0 Å². The van der Waals surface area contributed by atoms with E-state index in [-0.39, 0.29) is 5.60 Å². The van der Waals surface area contributed by atoms with Crippen LogP contribution in [0.2, 0.25) is 0 Å². The number of thioether (sulfide) groups is 1. The summed E-state index contributed by atoms with van der Waals surface area (Å²) in [5, 5.41) is 3.79. The van der Waals surface area contributed by atoms with Crippen molar-refractivity contribution in [1.29, 1.82) is 0 Å². The predicted octanol–water partition coefficient (Wildman–Crippen LogP) is 2.12. The second kappa shape index (κ2) is 6.79. The maximum Gasteiger partial charge on any atom is 0.0697 e. The first-order chi connectivity index (χ1) is 9.36. The molecule has 3 fully saturated rings. The number of hydrogen-bond acceptors (Lipinski definition) is 4.